The van der Waals surface area contributed by atoms with Crippen LogP contribution < -0.4 is 10.2 Å². The number of halogens is 1. The largest absolute Gasteiger partial charge is 0.465 e. The molecule has 1 aromatic rings. The summed E-state index contributed by atoms with van der Waals surface area (Å²) < 4.78 is 5.88. The zero-order chi connectivity index (χ0) is 15.2. The van der Waals surface area contributed by atoms with E-state index in [-0.39, 0.29) is 5.97 Å². The first kappa shape index (κ1) is 16.3. The second kappa shape index (κ2) is 7.80. The van der Waals surface area contributed by atoms with Gasteiger partial charge in [-0.2, -0.15) is 0 Å². The van der Waals surface area contributed by atoms with Gasteiger partial charge in [0.1, 0.15) is 0 Å². The van der Waals surface area contributed by atoms with Crippen molar-refractivity contribution in [2.45, 2.75) is 19.8 Å². The third-order valence-electron chi connectivity index (χ3n) is 4.00. The van der Waals surface area contributed by atoms with Gasteiger partial charge in [0.2, 0.25) is 0 Å². The Balaban J connectivity index is 2.09. The van der Waals surface area contributed by atoms with Crippen LogP contribution in [0.15, 0.2) is 22.7 Å². The van der Waals surface area contributed by atoms with Crippen LogP contribution in [0.3, 0.4) is 0 Å². The highest BCUT2D eigenvalue weighted by molar-refractivity contribution is 9.10. The smallest absolute Gasteiger partial charge is 0.339 e. The topological polar surface area (TPSA) is 41.6 Å². The lowest BCUT2D eigenvalue weighted by Crippen LogP contribution is -2.38. The second-order valence-corrected chi connectivity index (χ2v) is 6.31. The molecule has 0 bridgehead atoms. The molecule has 0 unspecified atom stereocenters. The zero-order valence-corrected chi connectivity index (χ0v) is 14.3. The number of carbonyl (C=O) groups excluding carboxylic acids is 1. The van der Waals surface area contributed by atoms with E-state index in [0.717, 1.165) is 55.1 Å². The van der Waals surface area contributed by atoms with E-state index in [1.54, 1.807) is 0 Å². The summed E-state index contributed by atoms with van der Waals surface area (Å²) in [5.74, 6) is 0.460. The number of hydrogen-bond donors (Lipinski definition) is 1. The molecule has 4 nitrogen and oxygen atoms in total. The lowest BCUT2D eigenvalue weighted by atomic mass is 9.96. The molecular formula is C16H23BrN2O2. The van der Waals surface area contributed by atoms with E-state index in [4.69, 9.17) is 4.74 Å². The van der Waals surface area contributed by atoms with Gasteiger partial charge in [0, 0.05) is 17.6 Å². The summed E-state index contributed by atoms with van der Waals surface area (Å²) in [7, 11) is 1.43. The van der Waals surface area contributed by atoms with Gasteiger partial charge in [-0.1, -0.05) is 22.9 Å². The number of carbonyl (C=O) groups is 1. The van der Waals surface area contributed by atoms with E-state index >= 15 is 0 Å². The fraction of sp³-hybridized carbons (Fsp3) is 0.562. The highest BCUT2D eigenvalue weighted by Crippen LogP contribution is 2.29. The van der Waals surface area contributed by atoms with Crippen molar-refractivity contribution >= 4 is 27.6 Å². The maximum Gasteiger partial charge on any atom is 0.339 e. The van der Waals surface area contributed by atoms with Crippen molar-refractivity contribution in [3.63, 3.8) is 0 Å². The normalized spacial score (nSPS) is 16.0. The Morgan fingerprint density at radius 2 is 2.14 bits per heavy atom. The van der Waals surface area contributed by atoms with Gasteiger partial charge in [0.05, 0.1) is 18.4 Å². The number of esters is 1. The Labute approximate surface area is 135 Å². The van der Waals surface area contributed by atoms with Crippen molar-refractivity contribution in [1.82, 2.24) is 5.32 Å². The number of ether oxygens (including phenoxy) is 1. The van der Waals surface area contributed by atoms with Crippen LogP contribution in [0.2, 0.25) is 0 Å². The summed E-state index contributed by atoms with van der Waals surface area (Å²) >= 11 is 3.49. The van der Waals surface area contributed by atoms with Gasteiger partial charge < -0.3 is 15.0 Å². The minimum absolute atomic E-state index is 0.271. The summed E-state index contributed by atoms with van der Waals surface area (Å²) in [4.78, 5) is 14.2. The Kier molecular flexibility index (Phi) is 6.06. The number of anilines is 1. The Morgan fingerprint density at radius 3 is 2.76 bits per heavy atom. The van der Waals surface area contributed by atoms with Crippen molar-refractivity contribution in [3.8, 4) is 0 Å². The Morgan fingerprint density at radius 1 is 1.43 bits per heavy atom. The van der Waals surface area contributed by atoms with Gasteiger partial charge in [0.25, 0.3) is 0 Å². The minimum Gasteiger partial charge on any atom is -0.465 e. The molecule has 1 saturated heterocycles. The number of rotatable bonds is 5. The SMILES string of the molecule is CCNCC1CCN(c2cc(Br)ccc2C(=O)OC)CC1. The molecular weight excluding hydrogens is 332 g/mol. The molecule has 5 heteroatoms. The molecule has 1 aromatic carbocycles. The number of nitrogens with one attached hydrogen (secondary N) is 1. The van der Waals surface area contributed by atoms with Crippen LogP contribution in [0.4, 0.5) is 5.69 Å². The Hall–Kier alpha value is -1.07. The van der Waals surface area contributed by atoms with Gasteiger partial charge in [-0.15, -0.1) is 0 Å². The van der Waals surface area contributed by atoms with Crippen LogP contribution in [0.1, 0.15) is 30.1 Å². The fourth-order valence-corrected chi connectivity index (χ4v) is 3.12. The highest BCUT2D eigenvalue weighted by Gasteiger charge is 2.23. The predicted molar refractivity (Wildman–Crippen MR) is 89.0 cm³/mol. The molecule has 116 valence electrons. The molecule has 0 saturated carbocycles. The van der Waals surface area contributed by atoms with Gasteiger partial charge in [-0.3, -0.25) is 0 Å². The average Bonchev–Trinajstić information content (AvgIpc) is 2.52. The van der Waals surface area contributed by atoms with E-state index in [9.17, 15) is 4.79 Å². The first-order valence-corrected chi connectivity index (χ1v) is 8.28. The van der Waals surface area contributed by atoms with Gasteiger partial charge >= 0.3 is 5.97 Å². The van der Waals surface area contributed by atoms with E-state index in [2.05, 4.69) is 33.1 Å². The van der Waals surface area contributed by atoms with Gasteiger partial charge in [-0.25, -0.2) is 4.79 Å². The molecule has 0 aromatic heterocycles. The minimum atomic E-state index is -0.271. The number of nitrogens with zero attached hydrogens (tertiary/aromatic N) is 1. The zero-order valence-electron chi connectivity index (χ0n) is 12.7. The van der Waals surface area contributed by atoms with Gasteiger partial charge in [0.15, 0.2) is 0 Å². The van der Waals surface area contributed by atoms with Crippen LogP contribution in [0, 0.1) is 5.92 Å². The number of piperidine rings is 1. The standard InChI is InChI=1S/C16H23BrN2O2/c1-3-18-11-12-6-8-19(9-7-12)15-10-13(17)4-5-14(15)16(20)21-2/h4-5,10,12,18H,3,6-9,11H2,1-2H3. The molecule has 2 rings (SSSR count). The monoisotopic (exact) mass is 354 g/mol. The first-order valence-electron chi connectivity index (χ1n) is 7.49. The summed E-state index contributed by atoms with van der Waals surface area (Å²) in [5, 5.41) is 3.42. The van der Waals surface area contributed by atoms with Crippen LogP contribution in [0.25, 0.3) is 0 Å². The third kappa shape index (κ3) is 4.20. The highest BCUT2D eigenvalue weighted by atomic mass is 79.9. The fourth-order valence-electron chi connectivity index (χ4n) is 2.78. The number of methoxy groups -OCH3 is 1. The summed E-state index contributed by atoms with van der Waals surface area (Å²) in [6, 6.07) is 5.72. The lowest BCUT2D eigenvalue weighted by molar-refractivity contribution is 0.0601. The van der Waals surface area contributed by atoms with Crippen molar-refractivity contribution in [2.24, 2.45) is 5.92 Å². The third-order valence-corrected chi connectivity index (χ3v) is 4.50. The maximum absolute atomic E-state index is 11.9. The van der Waals surface area contributed by atoms with E-state index in [1.165, 1.54) is 7.11 Å². The summed E-state index contributed by atoms with van der Waals surface area (Å²) in [5.41, 5.74) is 1.61. The molecule has 0 aliphatic carbocycles. The average molecular weight is 355 g/mol. The Bertz CT molecular complexity index is 485. The lowest BCUT2D eigenvalue weighted by Gasteiger charge is -2.34. The summed E-state index contributed by atoms with van der Waals surface area (Å²) in [6.45, 7) is 6.22. The molecule has 1 N–H and O–H groups in total. The molecule has 1 fully saturated rings. The van der Waals surface area contributed by atoms with Crippen molar-refractivity contribution < 1.29 is 9.53 Å². The van der Waals surface area contributed by atoms with Crippen molar-refractivity contribution in [2.75, 3.05) is 38.2 Å². The number of benzene rings is 1. The van der Waals surface area contributed by atoms with E-state index in [0.29, 0.717) is 5.56 Å². The van der Waals surface area contributed by atoms with E-state index < -0.39 is 0 Å². The predicted octanol–water partition coefficient (Wildman–Crippen LogP) is 3.06. The quantitative estimate of drug-likeness (QED) is 0.825. The molecule has 1 heterocycles. The van der Waals surface area contributed by atoms with Crippen LogP contribution in [-0.2, 0) is 4.74 Å². The molecule has 1 aliphatic rings. The molecule has 0 amide bonds. The molecule has 21 heavy (non-hydrogen) atoms. The van der Waals surface area contributed by atoms with Crippen LogP contribution in [-0.4, -0.2) is 39.3 Å². The maximum atomic E-state index is 11.9. The molecule has 1 aliphatic heterocycles. The molecule has 0 radical (unpaired) electrons. The molecule has 0 spiro atoms. The van der Waals surface area contributed by atoms with Gasteiger partial charge in [-0.05, 0) is 50.0 Å². The van der Waals surface area contributed by atoms with Crippen molar-refractivity contribution in [1.29, 1.82) is 0 Å². The van der Waals surface area contributed by atoms with Crippen molar-refractivity contribution in [3.05, 3.63) is 28.2 Å². The molecule has 0 atom stereocenters. The van der Waals surface area contributed by atoms with E-state index in [1.807, 2.05) is 18.2 Å². The number of hydrogen-bond acceptors (Lipinski definition) is 4. The van der Waals surface area contributed by atoms with Crippen LogP contribution in [0.5, 0.6) is 0 Å². The second-order valence-electron chi connectivity index (χ2n) is 5.39. The van der Waals surface area contributed by atoms with Crippen LogP contribution >= 0.6 is 15.9 Å². The summed E-state index contributed by atoms with van der Waals surface area (Å²) in [6.07, 6.45) is 2.31. The first-order chi connectivity index (χ1) is 10.2.